The Morgan fingerprint density at radius 3 is 2.45 bits per heavy atom. The number of aliphatic hydroxyl groups is 1. The van der Waals surface area contributed by atoms with Crippen molar-refractivity contribution in [2.45, 2.75) is 17.4 Å². The van der Waals surface area contributed by atoms with E-state index in [1.54, 1.807) is 0 Å². The fourth-order valence-electron chi connectivity index (χ4n) is 1.96. The number of hydrogen-bond acceptors (Lipinski definition) is 4. The fraction of sp³-hybridized carbons (Fsp3) is 0.364. The first kappa shape index (κ1) is 15.5. The lowest BCUT2D eigenvalue weighted by Gasteiger charge is -2.17. The van der Waals surface area contributed by atoms with Crippen molar-refractivity contribution < 1.29 is 23.4 Å². The Balaban J connectivity index is 2.51. The van der Waals surface area contributed by atoms with E-state index in [-0.39, 0.29) is 33.6 Å². The fourth-order valence-corrected chi connectivity index (χ4v) is 4.28. The number of carbonyl (C=O) groups is 1. The molecule has 0 radical (unpaired) electrons. The molecule has 20 heavy (non-hydrogen) atoms. The van der Waals surface area contributed by atoms with Gasteiger partial charge in [-0.15, -0.1) is 0 Å². The Hall–Kier alpha value is -0.860. The lowest BCUT2D eigenvalue weighted by molar-refractivity contribution is 0.0697. The molecular weight excluding hydrogens is 329 g/mol. The molecule has 2 rings (SSSR count). The van der Waals surface area contributed by atoms with Crippen molar-refractivity contribution in [1.29, 1.82) is 0 Å². The summed E-state index contributed by atoms with van der Waals surface area (Å²) in [4.78, 5) is 10.7. The third-order valence-corrected chi connectivity index (χ3v) is 5.64. The van der Waals surface area contributed by atoms with Crippen LogP contribution in [0.2, 0.25) is 10.0 Å². The van der Waals surface area contributed by atoms with Crippen molar-refractivity contribution >= 4 is 39.2 Å². The van der Waals surface area contributed by atoms with Crippen molar-refractivity contribution in [3.63, 3.8) is 0 Å². The molecule has 2 N–H and O–H groups in total. The molecule has 0 aromatic heterocycles. The molecule has 1 aromatic carbocycles. The molecule has 1 aromatic rings. The average Bonchev–Trinajstić information content (AvgIpc) is 2.75. The number of hydrogen-bond donors (Lipinski definition) is 2. The number of halogens is 2. The van der Waals surface area contributed by atoms with Gasteiger partial charge in [-0.1, -0.05) is 23.2 Å². The first-order chi connectivity index (χ1) is 9.23. The number of aliphatic hydroxyl groups excluding tert-OH is 1. The third-order valence-electron chi connectivity index (χ3n) is 3.00. The predicted octanol–water partition coefficient (Wildman–Crippen LogP) is 1.45. The molecule has 6 nitrogen and oxygen atoms in total. The van der Waals surface area contributed by atoms with Gasteiger partial charge in [-0.3, -0.25) is 0 Å². The van der Waals surface area contributed by atoms with Gasteiger partial charge >= 0.3 is 5.97 Å². The summed E-state index contributed by atoms with van der Waals surface area (Å²) in [6, 6.07) is 2.03. The van der Waals surface area contributed by atoms with E-state index >= 15 is 0 Å². The largest absolute Gasteiger partial charge is 0.478 e. The standard InChI is InChI=1S/C11H11Cl2NO5S/c12-8-4-9(13)10(3-7(8)11(16)17)20(18,19)14-2-1-6(15)5-14/h3-4,6,15H,1-2,5H2,(H,16,17). The Labute approximate surface area is 125 Å². The molecule has 0 spiro atoms. The number of aromatic carboxylic acids is 1. The normalized spacial score (nSPS) is 20.2. The maximum atomic E-state index is 12.4. The maximum Gasteiger partial charge on any atom is 0.337 e. The van der Waals surface area contributed by atoms with Crippen LogP contribution in [0, 0.1) is 0 Å². The Morgan fingerprint density at radius 1 is 1.30 bits per heavy atom. The van der Waals surface area contributed by atoms with Crippen LogP contribution in [-0.2, 0) is 10.0 Å². The van der Waals surface area contributed by atoms with Crippen LogP contribution < -0.4 is 0 Å². The molecule has 1 atom stereocenters. The number of β-amino-alcohol motifs (C(OH)–C–C–N with tert-alkyl or cyclic N) is 1. The summed E-state index contributed by atoms with van der Waals surface area (Å²) < 4.78 is 25.8. The third kappa shape index (κ3) is 2.77. The summed E-state index contributed by atoms with van der Waals surface area (Å²) in [7, 11) is -3.96. The Kier molecular flexibility index (Phi) is 4.27. The van der Waals surface area contributed by atoms with Crippen LogP contribution >= 0.6 is 23.2 Å². The van der Waals surface area contributed by atoms with E-state index in [1.165, 1.54) is 0 Å². The molecular formula is C11H11Cl2NO5S. The van der Waals surface area contributed by atoms with Crippen LogP contribution in [0.3, 0.4) is 0 Å². The highest BCUT2D eigenvalue weighted by Crippen LogP contribution is 2.31. The zero-order valence-electron chi connectivity index (χ0n) is 10.1. The van der Waals surface area contributed by atoms with Gasteiger partial charge in [0.25, 0.3) is 0 Å². The molecule has 1 aliphatic heterocycles. The highest BCUT2D eigenvalue weighted by atomic mass is 35.5. The van der Waals surface area contributed by atoms with Crippen molar-refractivity contribution in [1.82, 2.24) is 4.31 Å². The summed E-state index contributed by atoms with van der Waals surface area (Å²) in [5, 5.41) is 18.1. The van der Waals surface area contributed by atoms with E-state index in [1.807, 2.05) is 0 Å². The number of nitrogens with zero attached hydrogens (tertiary/aromatic N) is 1. The molecule has 0 amide bonds. The van der Waals surface area contributed by atoms with E-state index in [4.69, 9.17) is 28.3 Å². The SMILES string of the molecule is O=C(O)c1cc(S(=O)(=O)N2CCC(O)C2)c(Cl)cc1Cl. The van der Waals surface area contributed by atoms with Crippen molar-refractivity contribution in [2.24, 2.45) is 0 Å². The van der Waals surface area contributed by atoms with E-state index in [0.717, 1.165) is 16.4 Å². The topological polar surface area (TPSA) is 94.9 Å². The lowest BCUT2D eigenvalue weighted by atomic mass is 10.2. The van der Waals surface area contributed by atoms with E-state index in [0.29, 0.717) is 6.42 Å². The second-order valence-electron chi connectivity index (χ2n) is 4.37. The molecule has 1 heterocycles. The Bertz CT molecular complexity index is 661. The van der Waals surface area contributed by atoms with Crippen molar-refractivity contribution in [3.8, 4) is 0 Å². The monoisotopic (exact) mass is 339 g/mol. The summed E-state index contributed by atoms with van der Waals surface area (Å²) in [5.41, 5.74) is -0.339. The van der Waals surface area contributed by atoms with Gasteiger partial charge in [0.1, 0.15) is 4.90 Å². The molecule has 1 unspecified atom stereocenters. The second-order valence-corrected chi connectivity index (χ2v) is 7.09. The summed E-state index contributed by atoms with van der Waals surface area (Å²) in [6.07, 6.45) is -0.397. The lowest BCUT2D eigenvalue weighted by Crippen LogP contribution is -2.30. The van der Waals surface area contributed by atoms with E-state index in [9.17, 15) is 18.3 Å². The minimum atomic E-state index is -3.96. The van der Waals surface area contributed by atoms with Gasteiger partial charge in [-0.05, 0) is 18.6 Å². The number of benzene rings is 1. The van der Waals surface area contributed by atoms with Gasteiger partial charge in [0, 0.05) is 13.1 Å². The quantitative estimate of drug-likeness (QED) is 0.868. The van der Waals surface area contributed by atoms with Crippen LogP contribution in [0.15, 0.2) is 17.0 Å². The van der Waals surface area contributed by atoms with Gasteiger partial charge in [0.15, 0.2) is 0 Å². The van der Waals surface area contributed by atoms with E-state index < -0.39 is 22.1 Å². The first-order valence-electron chi connectivity index (χ1n) is 5.64. The number of sulfonamides is 1. The Morgan fingerprint density at radius 2 is 1.95 bits per heavy atom. The second kappa shape index (κ2) is 5.50. The molecule has 9 heteroatoms. The molecule has 110 valence electrons. The predicted molar refractivity (Wildman–Crippen MR) is 72.8 cm³/mol. The minimum Gasteiger partial charge on any atom is -0.478 e. The number of rotatable bonds is 3. The van der Waals surface area contributed by atoms with Gasteiger partial charge in [0.2, 0.25) is 10.0 Å². The van der Waals surface area contributed by atoms with E-state index in [2.05, 4.69) is 0 Å². The first-order valence-corrected chi connectivity index (χ1v) is 7.83. The van der Waals surface area contributed by atoms with Crippen molar-refractivity contribution in [3.05, 3.63) is 27.7 Å². The summed E-state index contributed by atoms with van der Waals surface area (Å²) in [5.74, 6) is -1.34. The molecule has 1 fully saturated rings. The van der Waals surface area contributed by atoms with Crippen molar-refractivity contribution in [2.75, 3.05) is 13.1 Å². The van der Waals surface area contributed by atoms with Crippen LogP contribution in [0.4, 0.5) is 0 Å². The highest BCUT2D eigenvalue weighted by molar-refractivity contribution is 7.89. The van der Waals surface area contributed by atoms with Crippen LogP contribution in [-0.4, -0.2) is 48.1 Å². The van der Waals surface area contributed by atoms with Gasteiger partial charge in [-0.2, -0.15) is 4.31 Å². The highest BCUT2D eigenvalue weighted by Gasteiger charge is 2.33. The van der Waals surface area contributed by atoms with Crippen LogP contribution in [0.1, 0.15) is 16.8 Å². The summed E-state index contributed by atoms with van der Waals surface area (Å²) in [6.45, 7) is 0.120. The molecule has 0 aliphatic carbocycles. The minimum absolute atomic E-state index is 0.0380. The molecule has 0 saturated carbocycles. The smallest absolute Gasteiger partial charge is 0.337 e. The zero-order chi connectivity index (χ0) is 15.1. The van der Waals surface area contributed by atoms with Gasteiger partial charge in [0.05, 0.1) is 21.7 Å². The number of carboxylic acids is 1. The maximum absolute atomic E-state index is 12.4. The van der Waals surface area contributed by atoms with Crippen LogP contribution in [0.5, 0.6) is 0 Å². The van der Waals surface area contributed by atoms with Gasteiger partial charge in [-0.25, -0.2) is 13.2 Å². The number of carboxylic acid groups (broad SMARTS) is 1. The summed E-state index contributed by atoms with van der Waals surface area (Å²) >= 11 is 11.6. The molecule has 1 aliphatic rings. The van der Waals surface area contributed by atoms with Gasteiger partial charge < -0.3 is 10.2 Å². The van der Waals surface area contributed by atoms with Crippen LogP contribution in [0.25, 0.3) is 0 Å². The molecule has 1 saturated heterocycles. The average molecular weight is 340 g/mol. The molecule has 0 bridgehead atoms. The zero-order valence-corrected chi connectivity index (χ0v) is 12.4.